The van der Waals surface area contributed by atoms with Crippen LogP contribution in [0.3, 0.4) is 0 Å². The summed E-state index contributed by atoms with van der Waals surface area (Å²) in [6.45, 7) is 1.06. The molecule has 0 spiro atoms. The van der Waals surface area contributed by atoms with Crippen LogP contribution < -0.4 is 10.1 Å². The van der Waals surface area contributed by atoms with E-state index >= 15 is 0 Å². The van der Waals surface area contributed by atoms with Crippen molar-refractivity contribution in [3.05, 3.63) is 23.2 Å². The van der Waals surface area contributed by atoms with Gasteiger partial charge in [0.1, 0.15) is 5.75 Å². The van der Waals surface area contributed by atoms with Gasteiger partial charge in [0.2, 0.25) is 0 Å². The van der Waals surface area contributed by atoms with E-state index in [1.807, 2.05) is 18.2 Å². The molecule has 0 unspecified atom stereocenters. The molecule has 0 atom stereocenters. The lowest BCUT2D eigenvalue weighted by Gasteiger charge is -2.22. The minimum Gasteiger partial charge on any atom is -0.495 e. The summed E-state index contributed by atoms with van der Waals surface area (Å²) in [4.78, 5) is 0. The second kappa shape index (κ2) is 6.15. The van der Waals surface area contributed by atoms with E-state index in [-0.39, 0.29) is 0 Å². The Morgan fingerprint density at radius 2 is 2.06 bits per heavy atom. The van der Waals surface area contributed by atoms with E-state index in [1.54, 1.807) is 7.11 Å². The predicted molar refractivity (Wildman–Crippen MR) is 73.1 cm³/mol. The highest BCUT2D eigenvalue weighted by atomic mass is 35.5. The molecule has 2 nitrogen and oxygen atoms in total. The fourth-order valence-corrected chi connectivity index (χ4v) is 2.62. The van der Waals surface area contributed by atoms with Crippen molar-refractivity contribution in [2.75, 3.05) is 19.0 Å². The average Bonchev–Trinajstić information content (AvgIpc) is 2.39. The van der Waals surface area contributed by atoms with Gasteiger partial charge in [0, 0.05) is 18.3 Å². The van der Waals surface area contributed by atoms with Crippen LogP contribution in [0.1, 0.15) is 32.1 Å². The molecule has 0 radical (unpaired) electrons. The third-order valence-electron chi connectivity index (χ3n) is 3.47. The first-order valence-electron chi connectivity index (χ1n) is 6.37. The third kappa shape index (κ3) is 3.53. The molecule has 0 heterocycles. The smallest absolute Gasteiger partial charge is 0.139 e. The first kappa shape index (κ1) is 12.6. The van der Waals surface area contributed by atoms with Crippen LogP contribution >= 0.6 is 11.6 Å². The zero-order valence-electron chi connectivity index (χ0n) is 10.3. The fraction of sp³-hybridized carbons (Fsp3) is 0.571. The Morgan fingerprint density at radius 3 is 2.76 bits per heavy atom. The Morgan fingerprint density at radius 1 is 1.29 bits per heavy atom. The Bertz CT molecular complexity index is 361. The van der Waals surface area contributed by atoms with Gasteiger partial charge in [0.05, 0.1) is 12.1 Å². The van der Waals surface area contributed by atoms with Gasteiger partial charge in [-0.05, 0) is 30.9 Å². The zero-order chi connectivity index (χ0) is 12.1. The Hall–Kier alpha value is -0.890. The second-order valence-corrected chi connectivity index (χ2v) is 5.14. The van der Waals surface area contributed by atoms with E-state index < -0.39 is 0 Å². The SMILES string of the molecule is COc1cc(NCC2CCCCC2)ccc1Cl. The highest BCUT2D eigenvalue weighted by molar-refractivity contribution is 6.32. The first-order valence-corrected chi connectivity index (χ1v) is 6.75. The first-order chi connectivity index (χ1) is 8.29. The van der Waals surface area contributed by atoms with Gasteiger partial charge in [-0.25, -0.2) is 0 Å². The lowest BCUT2D eigenvalue weighted by atomic mass is 9.89. The van der Waals surface area contributed by atoms with E-state index in [0.717, 1.165) is 23.9 Å². The molecule has 1 aromatic rings. The van der Waals surface area contributed by atoms with Gasteiger partial charge in [-0.1, -0.05) is 30.9 Å². The van der Waals surface area contributed by atoms with Crippen LogP contribution in [0.2, 0.25) is 5.02 Å². The van der Waals surface area contributed by atoms with Crippen molar-refractivity contribution in [3.63, 3.8) is 0 Å². The standard InChI is InChI=1S/C14H20ClNO/c1-17-14-9-12(7-8-13(14)15)16-10-11-5-3-2-4-6-11/h7-9,11,16H,2-6,10H2,1H3. The van der Waals surface area contributed by atoms with Crippen LogP contribution in [0.4, 0.5) is 5.69 Å². The lowest BCUT2D eigenvalue weighted by Crippen LogP contribution is -2.17. The second-order valence-electron chi connectivity index (χ2n) is 4.73. The van der Waals surface area contributed by atoms with Gasteiger partial charge in [-0.2, -0.15) is 0 Å². The van der Waals surface area contributed by atoms with E-state index in [2.05, 4.69) is 5.32 Å². The summed E-state index contributed by atoms with van der Waals surface area (Å²) >= 11 is 5.99. The third-order valence-corrected chi connectivity index (χ3v) is 3.78. The number of benzene rings is 1. The molecule has 2 rings (SSSR count). The molecule has 3 heteroatoms. The van der Waals surface area contributed by atoms with Gasteiger partial charge < -0.3 is 10.1 Å². The van der Waals surface area contributed by atoms with Crippen molar-refractivity contribution in [1.82, 2.24) is 0 Å². The van der Waals surface area contributed by atoms with Gasteiger partial charge in [0.25, 0.3) is 0 Å². The maximum Gasteiger partial charge on any atom is 0.139 e. The van der Waals surface area contributed by atoms with E-state index in [1.165, 1.54) is 32.1 Å². The normalized spacial score (nSPS) is 16.8. The molecule has 0 aromatic heterocycles. The molecule has 0 bridgehead atoms. The van der Waals surface area contributed by atoms with Crippen LogP contribution in [0.5, 0.6) is 5.75 Å². The number of anilines is 1. The quantitative estimate of drug-likeness (QED) is 0.862. The van der Waals surface area contributed by atoms with Gasteiger partial charge in [0.15, 0.2) is 0 Å². The number of methoxy groups -OCH3 is 1. The van der Waals surface area contributed by atoms with Crippen LogP contribution in [0, 0.1) is 5.92 Å². The highest BCUT2D eigenvalue weighted by Gasteiger charge is 2.13. The van der Waals surface area contributed by atoms with Crippen LogP contribution in [-0.2, 0) is 0 Å². The molecule has 1 N–H and O–H groups in total. The van der Waals surface area contributed by atoms with Gasteiger partial charge in [-0.3, -0.25) is 0 Å². The number of hydrogen-bond donors (Lipinski definition) is 1. The summed E-state index contributed by atoms with van der Waals surface area (Å²) in [5, 5.41) is 4.14. The van der Waals surface area contributed by atoms with Crippen LogP contribution in [0.25, 0.3) is 0 Å². The van der Waals surface area contributed by atoms with Crippen LogP contribution in [-0.4, -0.2) is 13.7 Å². The molecule has 1 aromatic carbocycles. The molecule has 94 valence electrons. The molecule has 1 aliphatic rings. The lowest BCUT2D eigenvalue weighted by molar-refractivity contribution is 0.373. The molecule has 0 amide bonds. The average molecular weight is 254 g/mol. The number of rotatable bonds is 4. The van der Waals surface area contributed by atoms with Crippen molar-refractivity contribution in [2.24, 2.45) is 5.92 Å². The monoisotopic (exact) mass is 253 g/mol. The minimum absolute atomic E-state index is 0.663. The topological polar surface area (TPSA) is 21.3 Å². The van der Waals surface area contributed by atoms with Crippen LogP contribution in [0.15, 0.2) is 18.2 Å². The molecule has 17 heavy (non-hydrogen) atoms. The Balaban J connectivity index is 1.89. The number of ether oxygens (including phenoxy) is 1. The Labute approximate surface area is 108 Å². The minimum atomic E-state index is 0.663. The maximum absolute atomic E-state index is 5.99. The number of halogens is 1. The summed E-state index contributed by atoms with van der Waals surface area (Å²) in [6, 6.07) is 5.85. The molecule has 0 aliphatic heterocycles. The summed E-state index contributed by atoms with van der Waals surface area (Å²) in [5.74, 6) is 1.56. The molecular formula is C14H20ClNO. The largest absolute Gasteiger partial charge is 0.495 e. The maximum atomic E-state index is 5.99. The molecular weight excluding hydrogens is 234 g/mol. The number of nitrogens with one attached hydrogen (secondary N) is 1. The predicted octanol–water partition coefficient (Wildman–Crippen LogP) is 4.34. The summed E-state index contributed by atoms with van der Waals surface area (Å²) < 4.78 is 5.21. The summed E-state index contributed by atoms with van der Waals surface area (Å²) in [7, 11) is 1.64. The van der Waals surface area contributed by atoms with Crippen molar-refractivity contribution < 1.29 is 4.74 Å². The van der Waals surface area contributed by atoms with Crippen molar-refractivity contribution in [3.8, 4) is 5.75 Å². The fourth-order valence-electron chi connectivity index (χ4n) is 2.42. The molecule has 1 saturated carbocycles. The highest BCUT2D eigenvalue weighted by Crippen LogP contribution is 2.28. The summed E-state index contributed by atoms with van der Waals surface area (Å²) in [6.07, 6.45) is 6.90. The van der Waals surface area contributed by atoms with Crippen molar-refractivity contribution >= 4 is 17.3 Å². The molecule has 1 fully saturated rings. The Kier molecular flexibility index (Phi) is 4.55. The zero-order valence-corrected chi connectivity index (χ0v) is 11.1. The molecule has 0 saturated heterocycles. The van der Waals surface area contributed by atoms with Crippen molar-refractivity contribution in [2.45, 2.75) is 32.1 Å². The number of hydrogen-bond acceptors (Lipinski definition) is 2. The molecule has 1 aliphatic carbocycles. The van der Waals surface area contributed by atoms with Crippen molar-refractivity contribution in [1.29, 1.82) is 0 Å². The van der Waals surface area contributed by atoms with Gasteiger partial charge >= 0.3 is 0 Å². The van der Waals surface area contributed by atoms with Gasteiger partial charge in [-0.15, -0.1) is 0 Å². The van der Waals surface area contributed by atoms with E-state index in [0.29, 0.717) is 5.02 Å². The van der Waals surface area contributed by atoms with E-state index in [9.17, 15) is 0 Å². The van der Waals surface area contributed by atoms with E-state index in [4.69, 9.17) is 16.3 Å². The summed E-state index contributed by atoms with van der Waals surface area (Å²) in [5.41, 5.74) is 1.09.